The number of aromatic nitrogens is 1. The molecule has 4 unspecified atom stereocenters. The van der Waals surface area contributed by atoms with E-state index in [1.54, 1.807) is 0 Å². The lowest BCUT2D eigenvalue weighted by Crippen LogP contribution is -2.33. The molecule has 2 saturated heterocycles. The Labute approximate surface area is 204 Å². The summed E-state index contributed by atoms with van der Waals surface area (Å²) in [6.07, 6.45) is -10.3. The Morgan fingerprint density at radius 3 is 2.16 bits per heavy atom. The lowest BCUT2D eigenvalue weighted by atomic mass is 9.95. The lowest BCUT2D eigenvalue weighted by molar-refractivity contribution is -0.137. The number of amides is 1. The third-order valence-electron chi connectivity index (χ3n) is 6.88. The van der Waals surface area contributed by atoms with Gasteiger partial charge in [0.25, 0.3) is 5.91 Å². The molecule has 0 spiro atoms. The van der Waals surface area contributed by atoms with Gasteiger partial charge in [0, 0.05) is 17.4 Å². The van der Waals surface area contributed by atoms with Gasteiger partial charge >= 0.3 is 12.4 Å². The van der Waals surface area contributed by atoms with Crippen LogP contribution in [-0.2, 0) is 12.4 Å². The molecule has 4 N–H and O–H groups in total. The molecule has 0 saturated carbocycles. The van der Waals surface area contributed by atoms with E-state index in [2.05, 4.69) is 4.98 Å². The number of aliphatic hydroxyl groups is 2. The number of halogens is 6. The molecule has 3 aromatic rings. The Balaban J connectivity index is 1.52. The maximum atomic E-state index is 13.9. The van der Waals surface area contributed by atoms with Crippen LogP contribution in [0.5, 0.6) is 0 Å². The first-order valence-electron chi connectivity index (χ1n) is 11.2. The molecule has 7 nitrogen and oxygen atoms in total. The van der Waals surface area contributed by atoms with Crippen molar-refractivity contribution < 1.29 is 41.4 Å². The van der Waals surface area contributed by atoms with Crippen molar-refractivity contribution >= 4 is 28.2 Å². The van der Waals surface area contributed by atoms with Gasteiger partial charge in [-0.3, -0.25) is 9.59 Å². The highest BCUT2D eigenvalue weighted by Gasteiger charge is 2.51. The van der Waals surface area contributed by atoms with Crippen molar-refractivity contribution in [3.8, 4) is 0 Å². The zero-order chi connectivity index (χ0) is 26.9. The Hall–Kier alpha value is -3.58. The van der Waals surface area contributed by atoms with Crippen LogP contribution in [0.25, 0.3) is 10.9 Å². The summed E-state index contributed by atoms with van der Waals surface area (Å²) in [5.41, 5.74) is -5.47. The van der Waals surface area contributed by atoms with Gasteiger partial charge in [-0.15, -0.1) is 0 Å². The van der Waals surface area contributed by atoms with Crippen molar-refractivity contribution in [3.63, 3.8) is 0 Å². The van der Waals surface area contributed by atoms with Gasteiger partial charge in [0.05, 0.1) is 46.5 Å². The number of benzene rings is 2. The maximum Gasteiger partial charge on any atom is 0.418 e. The Morgan fingerprint density at radius 2 is 1.57 bits per heavy atom. The van der Waals surface area contributed by atoms with E-state index in [0.717, 1.165) is 24.4 Å². The van der Waals surface area contributed by atoms with E-state index in [4.69, 9.17) is 0 Å². The molecule has 13 heteroatoms. The van der Waals surface area contributed by atoms with E-state index in [1.807, 2.05) is 5.32 Å². The van der Waals surface area contributed by atoms with Crippen LogP contribution >= 0.6 is 0 Å². The van der Waals surface area contributed by atoms with E-state index in [9.17, 15) is 46.1 Å². The molecule has 4 atom stereocenters. The van der Waals surface area contributed by atoms with E-state index >= 15 is 0 Å². The zero-order valence-electron chi connectivity index (χ0n) is 18.7. The number of H-pyrrole nitrogens is 1. The first kappa shape index (κ1) is 25.1. The summed E-state index contributed by atoms with van der Waals surface area (Å²) in [6, 6.07) is 4.80. The van der Waals surface area contributed by atoms with E-state index in [1.165, 1.54) is 17.0 Å². The van der Waals surface area contributed by atoms with E-state index in [-0.39, 0.29) is 24.0 Å². The van der Waals surface area contributed by atoms with Crippen molar-refractivity contribution in [2.24, 2.45) is 0 Å². The van der Waals surface area contributed by atoms with Crippen LogP contribution in [0.4, 0.5) is 37.7 Å². The van der Waals surface area contributed by atoms with Crippen LogP contribution in [0.2, 0.25) is 0 Å². The fourth-order valence-corrected chi connectivity index (χ4v) is 5.25. The molecule has 2 aliphatic heterocycles. The normalized spacial score (nSPS) is 23.6. The van der Waals surface area contributed by atoms with Crippen LogP contribution in [0.15, 0.2) is 47.4 Å². The van der Waals surface area contributed by atoms with Gasteiger partial charge in [-0.2, -0.15) is 26.3 Å². The number of hydrogen-bond acceptors (Lipinski definition) is 5. The third-order valence-corrected chi connectivity index (χ3v) is 6.88. The highest BCUT2D eigenvalue weighted by atomic mass is 19.4. The summed E-state index contributed by atoms with van der Waals surface area (Å²) in [5, 5.41) is 21.5. The predicted octanol–water partition coefficient (Wildman–Crippen LogP) is 3.89. The molecule has 1 amide bonds. The minimum atomic E-state index is -4.95. The Morgan fingerprint density at radius 1 is 0.946 bits per heavy atom. The number of aromatic amines is 1. The summed E-state index contributed by atoms with van der Waals surface area (Å²) in [7, 11) is 0. The van der Waals surface area contributed by atoms with Crippen LogP contribution in [0.1, 0.15) is 34.3 Å². The molecule has 196 valence electrons. The lowest BCUT2D eigenvalue weighted by Gasteiger charge is -2.26. The molecular formula is C24H19F6N3O4. The number of aliphatic hydroxyl groups excluding tert-OH is 2. The first-order valence-corrected chi connectivity index (χ1v) is 11.2. The summed E-state index contributed by atoms with van der Waals surface area (Å²) >= 11 is 0. The Bertz CT molecular complexity index is 1440. The van der Waals surface area contributed by atoms with Gasteiger partial charge in [0.1, 0.15) is 5.56 Å². The zero-order valence-corrected chi connectivity index (χ0v) is 18.7. The second-order valence-corrected chi connectivity index (χ2v) is 9.09. The molecule has 0 radical (unpaired) electrons. The topological polar surface area (TPSA) is 106 Å². The molecule has 1 aromatic heterocycles. The molecule has 2 aliphatic rings. The molecule has 2 aromatic carbocycles. The molecular weight excluding hydrogens is 508 g/mol. The van der Waals surface area contributed by atoms with Crippen LogP contribution < -0.4 is 15.6 Å². The molecule has 3 heterocycles. The van der Waals surface area contributed by atoms with Crippen LogP contribution in [-0.4, -0.2) is 45.4 Å². The summed E-state index contributed by atoms with van der Waals surface area (Å²) in [5.74, 6) is -1.33. The minimum Gasteiger partial charge on any atom is -0.391 e. The number of pyridine rings is 1. The monoisotopic (exact) mass is 527 g/mol. The highest BCUT2D eigenvalue weighted by molar-refractivity contribution is 6.06. The van der Waals surface area contributed by atoms with E-state index in [0.29, 0.717) is 6.07 Å². The third kappa shape index (κ3) is 4.21. The fraction of sp³-hybridized carbons (Fsp3) is 0.333. The van der Waals surface area contributed by atoms with Crippen LogP contribution in [0.3, 0.4) is 0 Å². The van der Waals surface area contributed by atoms with Crippen molar-refractivity contribution in [1.82, 2.24) is 4.98 Å². The maximum absolute atomic E-state index is 13.9. The van der Waals surface area contributed by atoms with Crippen LogP contribution in [0, 0.1) is 0 Å². The SMILES string of the molecule is O=C(Nc1ccc(N2C3CC(O)C2CC3O)cc1C(F)(F)F)c1c[nH]c2cccc(C(F)(F)F)c2c1=O. The predicted molar refractivity (Wildman–Crippen MR) is 120 cm³/mol. The fourth-order valence-electron chi connectivity index (χ4n) is 5.25. The Kier molecular flexibility index (Phi) is 5.75. The molecule has 5 rings (SSSR count). The number of hydrogen-bond donors (Lipinski definition) is 4. The number of alkyl halides is 6. The number of nitrogens with zero attached hydrogens (tertiary/aromatic N) is 1. The quantitative estimate of drug-likeness (QED) is 0.387. The van der Waals surface area contributed by atoms with Crippen molar-refractivity contribution in [2.45, 2.75) is 49.5 Å². The highest BCUT2D eigenvalue weighted by Crippen LogP contribution is 2.44. The van der Waals surface area contributed by atoms with Gasteiger partial charge in [0.15, 0.2) is 0 Å². The minimum absolute atomic E-state index is 0.0757. The number of anilines is 2. The number of nitrogens with one attached hydrogen (secondary N) is 2. The number of carbonyl (C=O) groups excluding carboxylic acids is 1. The first-order chi connectivity index (χ1) is 17.3. The standard InChI is InChI=1S/C24H19F6N3O4/c25-23(26,27)12-2-1-3-15-20(12)21(36)11(9-31-15)22(37)32-14-5-4-10(6-13(14)24(28,29)30)33-16-7-18(34)17(33)8-19(16)35/h1-6,9,16-19,34-35H,7-8H2,(H,31,36)(H,32,37). The second kappa shape index (κ2) is 8.48. The summed E-state index contributed by atoms with van der Waals surface area (Å²) in [4.78, 5) is 29.6. The molecule has 2 fully saturated rings. The van der Waals surface area contributed by atoms with E-state index < -0.39 is 75.7 Å². The summed E-state index contributed by atoms with van der Waals surface area (Å²) < 4.78 is 82.1. The number of carbonyl (C=O) groups is 1. The van der Waals surface area contributed by atoms with Crippen molar-refractivity contribution in [1.29, 1.82) is 0 Å². The van der Waals surface area contributed by atoms with Crippen molar-refractivity contribution in [2.75, 3.05) is 10.2 Å². The number of rotatable bonds is 3. The average molecular weight is 527 g/mol. The molecule has 0 aliphatic carbocycles. The van der Waals surface area contributed by atoms with Gasteiger partial charge in [-0.25, -0.2) is 0 Å². The van der Waals surface area contributed by atoms with Gasteiger partial charge in [-0.1, -0.05) is 6.07 Å². The van der Waals surface area contributed by atoms with Crippen molar-refractivity contribution in [3.05, 3.63) is 69.5 Å². The van der Waals surface area contributed by atoms with Gasteiger partial charge < -0.3 is 25.4 Å². The molecule has 2 bridgehead atoms. The van der Waals surface area contributed by atoms with Gasteiger partial charge in [-0.05, 0) is 43.2 Å². The number of fused-ring (bicyclic) bond motifs is 3. The summed E-state index contributed by atoms with van der Waals surface area (Å²) in [6.45, 7) is 0. The largest absolute Gasteiger partial charge is 0.418 e. The average Bonchev–Trinajstić information content (AvgIpc) is 3.30. The molecule has 37 heavy (non-hydrogen) atoms. The second-order valence-electron chi connectivity index (χ2n) is 9.09. The smallest absolute Gasteiger partial charge is 0.391 e. The van der Waals surface area contributed by atoms with Gasteiger partial charge in [0.2, 0.25) is 5.43 Å².